The first-order valence-electron chi connectivity index (χ1n) is 6.47. The van der Waals surface area contributed by atoms with Crippen LogP contribution < -0.4 is 0 Å². The van der Waals surface area contributed by atoms with Crippen LogP contribution in [-0.2, 0) is 4.84 Å². The molecule has 2 heterocycles. The molecule has 0 radical (unpaired) electrons. The van der Waals surface area contributed by atoms with Crippen molar-refractivity contribution in [1.29, 1.82) is 0 Å². The van der Waals surface area contributed by atoms with Gasteiger partial charge in [-0.2, -0.15) is 0 Å². The van der Waals surface area contributed by atoms with E-state index in [-0.39, 0.29) is 0 Å². The van der Waals surface area contributed by atoms with Gasteiger partial charge in [0.05, 0.1) is 10.7 Å². The summed E-state index contributed by atoms with van der Waals surface area (Å²) in [5.74, 6) is 6.53. The molecular weight excluding hydrogens is 260 g/mol. The van der Waals surface area contributed by atoms with E-state index in [1.165, 1.54) is 18.7 Å². The Labute approximate surface area is 118 Å². The van der Waals surface area contributed by atoms with E-state index in [9.17, 15) is 0 Å². The molecule has 1 aromatic carbocycles. The van der Waals surface area contributed by atoms with Crippen molar-refractivity contribution in [3.8, 4) is 11.8 Å². The van der Waals surface area contributed by atoms with Crippen molar-refractivity contribution in [1.82, 2.24) is 4.90 Å². The number of rotatable bonds is 2. The minimum atomic E-state index is 0.307. The molecule has 2 aliphatic heterocycles. The second kappa shape index (κ2) is 5.64. The van der Waals surface area contributed by atoms with Gasteiger partial charge in [-0.25, -0.2) is 0 Å². The number of piperidine rings is 1. The van der Waals surface area contributed by atoms with E-state index >= 15 is 0 Å². The van der Waals surface area contributed by atoms with Crippen LogP contribution in [-0.4, -0.2) is 36.9 Å². The van der Waals surface area contributed by atoms with E-state index in [2.05, 4.69) is 21.9 Å². The Bertz CT molecular complexity index is 559. The summed E-state index contributed by atoms with van der Waals surface area (Å²) in [6.45, 7) is 3.62. The number of hydrogen-bond donors (Lipinski definition) is 0. The van der Waals surface area contributed by atoms with Gasteiger partial charge in [0.25, 0.3) is 0 Å². The van der Waals surface area contributed by atoms with Crippen LogP contribution >= 0.6 is 11.6 Å². The predicted molar refractivity (Wildman–Crippen MR) is 76.3 cm³/mol. The maximum Gasteiger partial charge on any atom is 0.177 e. The maximum absolute atomic E-state index is 6.01. The van der Waals surface area contributed by atoms with Gasteiger partial charge in [-0.05, 0) is 25.1 Å². The van der Waals surface area contributed by atoms with E-state index in [0.717, 1.165) is 18.7 Å². The first-order valence-corrected chi connectivity index (χ1v) is 6.85. The third-order valence-electron chi connectivity index (χ3n) is 3.54. The molecule has 2 bridgehead atoms. The van der Waals surface area contributed by atoms with Gasteiger partial charge in [-0.1, -0.05) is 40.7 Å². The second-order valence-electron chi connectivity index (χ2n) is 4.86. The van der Waals surface area contributed by atoms with Crippen LogP contribution in [0.5, 0.6) is 0 Å². The van der Waals surface area contributed by atoms with E-state index in [0.29, 0.717) is 17.5 Å². The quantitative estimate of drug-likeness (QED) is 0.470. The van der Waals surface area contributed by atoms with E-state index in [4.69, 9.17) is 16.4 Å². The highest BCUT2D eigenvalue weighted by Gasteiger charge is 2.35. The molecule has 2 saturated heterocycles. The van der Waals surface area contributed by atoms with Crippen molar-refractivity contribution in [2.75, 3.05) is 26.2 Å². The molecule has 0 spiro atoms. The minimum absolute atomic E-state index is 0.307. The lowest BCUT2D eigenvalue weighted by atomic mass is 10.0. The van der Waals surface area contributed by atoms with E-state index in [1.54, 1.807) is 0 Å². The zero-order chi connectivity index (χ0) is 13.1. The first-order chi connectivity index (χ1) is 9.33. The summed E-state index contributed by atoms with van der Waals surface area (Å²) in [7, 11) is 0. The molecule has 1 aromatic rings. The fraction of sp³-hybridized carbons (Fsp3) is 0.400. The zero-order valence-corrected chi connectivity index (χ0v) is 11.4. The molecule has 4 heteroatoms. The second-order valence-corrected chi connectivity index (χ2v) is 5.27. The fourth-order valence-corrected chi connectivity index (χ4v) is 2.73. The summed E-state index contributed by atoms with van der Waals surface area (Å²) in [6.07, 6.45) is 1.22. The molecule has 3 nitrogen and oxygen atoms in total. The lowest BCUT2D eigenvalue weighted by Crippen LogP contribution is -2.23. The van der Waals surface area contributed by atoms with Crippen LogP contribution in [0.25, 0.3) is 0 Å². The molecule has 3 rings (SSSR count). The van der Waals surface area contributed by atoms with Crippen molar-refractivity contribution < 1.29 is 4.84 Å². The fourth-order valence-electron chi connectivity index (χ4n) is 2.55. The molecule has 2 unspecified atom stereocenters. The van der Waals surface area contributed by atoms with E-state index in [1.807, 2.05) is 24.3 Å². The van der Waals surface area contributed by atoms with Gasteiger partial charge >= 0.3 is 0 Å². The van der Waals surface area contributed by atoms with Crippen LogP contribution in [0.2, 0.25) is 5.02 Å². The highest BCUT2D eigenvalue weighted by molar-refractivity contribution is 6.31. The standard InChI is InChI=1S/C15H15ClN2O/c16-14-6-2-1-4-12(14)5-3-9-19-17-15-11-18-8-7-13(15)10-18/h1-2,4,6,13H,7-11H2/b17-15+. The molecule has 0 aliphatic carbocycles. The average Bonchev–Trinajstić information content (AvgIpc) is 3.03. The molecular formula is C15H15ClN2O. The zero-order valence-electron chi connectivity index (χ0n) is 10.6. The largest absolute Gasteiger partial charge is 0.383 e. The highest BCUT2D eigenvalue weighted by Crippen LogP contribution is 2.25. The van der Waals surface area contributed by atoms with Crippen LogP contribution in [0.3, 0.4) is 0 Å². The molecule has 2 atom stereocenters. The summed E-state index contributed by atoms with van der Waals surface area (Å²) >= 11 is 6.01. The van der Waals surface area contributed by atoms with Gasteiger partial charge in [0.2, 0.25) is 0 Å². The molecule has 98 valence electrons. The number of fused-ring (bicyclic) bond motifs is 2. The van der Waals surface area contributed by atoms with Crippen LogP contribution in [0.4, 0.5) is 0 Å². The Morgan fingerprint density at radius 3 is 3.05 bits per heavy atom. The summed E-state index contributed by atoms with van der Waals surface area (Å²) < 4.78 is 0. The lowest BCUT2D eigenvalue weighted by molar-refractivity contribution is 0.177. The number of oxime groups is 1. The topological polar surface area (TPSA) is 24.8 Å². The van der Waals surface area contributed by atoms with Crippen LogP contribution in [0.1, 0.15) is 12.0 Å². The number of benzene rings is 1. The summed E-state index contributed by atoms with van der Waals surface area (Å²) in [5, 5.41) is 4.87. The molecule has 2 aliphatic rings. The Morgan fingerprint density at radius 1 is 1.42 bits per heavy atom. The molecule has 0 saturated carbocycles. The smallest absolute Gasteiger partial charge is 0.177 e. The molecule has 0 amide bonds. The monoisotopic (exact) mass is 274 g/mol. The minimum Gasteiger partial charge on any atom is -0.383 e. The number of halogens is 1. The average molecular weight is 275 g/mol. The van der Waals surface area contributed by atoms with Gasteiger partial charge < -0.3 is 4.84 Å². The van der Waals surface area contributed by atoms with Crippen molar-refractivity contribution >= 4 is 17.3 Å². The maximum atomic E-state index is 6.01. The molecule has 0 N–H and O–H groups in total. The number of nitrogens with zero attached hydrogens (tertiary/aromatic N) is 2. The summed E-state index contributed by atoms with van der Waals surface area (Å²) in [5.41, 5.74) is 2.00. The van der Waals surface area contributed by atoms with E-state index < -0.39 is 0 Å². The molecule has 2 fully saturated rings. The van der Waals surface area contributed by atoms with Crippen LogP contribution in [0, 0.1) is 17.8 Å². The summed E-state index contributed by atoms with van der Waals surface area (Å²) in [4.78, 5) is 7.68. The molecule has 0 aromatic heterocycles. The van der Waals surface area contributed by atoms with Gasteiger partial charge in [-0.3, -0.25) is 4.90 Å². The van der Waals surface area contributed by atoms with Crippen molar-refractivity contribution in [2.45, 2.75) is 6.42 Å². The highest BCUT2D eigenvalue weighted by atomic mass is 35.5. The van der Waals surface area contributed by atoms with Crippen LogP contribution in [0.15, 0.2) is 29.4 Å². The normalized spacial score (nSPS) is 26.3. The molecule has 19 heavy (non-hydrogen) atoms. The Morgan fingerprint density at radius 2 is 2.32 bits per heavy atom. The van der Waals surface area contributed by atoms with Crippen molar-refractivity contribution in [2.24, 2.45) is 11.1 Å². The Hall–Kier alpha value is -1.50. The van der Waals surface area contributed by atoms with Gasteiger partial charge in [0.1, 0.15) is 0 Å². The van der Waals surface area contributed by atoms with Gasteiger partial charge in [-0.15, -0.1) is 0 Å². The predicted octanol–water partition coefficient (Wildman–Crippen LogP) is 2.40. The van der Waals surface area contributed by atoms with Gasteiger partial charge in [0.15, 0.2) is 6.61 Å². The van der Waals surface area contributed by atoms with Gasteiger partial charge in [0, 0.05) is 24.6 Å². The Kier molecular flexibility index (Phi) is 3.72. The SMILES string of the molecule is Clc1ccccc1C#CCO/N=C1\CN2CCC1C2. The van der Waals surface area contributed by atoms with Crippen molar-refractivity contribution in [3.05, 3.63) is 34.9 Å². The number of hydrogen-bond acceptors (Lipinski definition) is 3. The third kappa shape index (κ3) is 2.91. The first kappa shape index (κ1) is 12.5. The third-order valence-corrected chi connectivity index (χ3v) is 3.87. The Balaban J connectivity index is 1.52. The lowest BCUT2D eigenvalue weighted by Gasteiger charge is -2.12. The van der Waals surface area contributed by atoms with Crippen molar-refractivity contribution in [3.63, 3.8) is 0 Å². The summed E-state index contributed by atoms with van der Waals surface area (Å²) in [6, 6.07) is 7.53.